The molecular weight excluding hydrogens is 338 g/mol. The summed E-state index contributed by atoms with van der Waals surface area (Å²) in [6.45, 7) is 7.32. The van der Waals surface area contributed by atoms with E-state index in [1.807, 2.05) is 42.7 Å². The fourth-order valence-electron chi connectivity index (χ4n) is 2.96. The van der Waals surface area contributed by atoms with Crippen LogP contribution in [0.4, 0.5) is 0 Å². The molecule has 25 heavy (non-hydrogen) atoms. The summed E-state index contributed by atoms with van der Waals surface area (Å²) in [5.41, 5.74) is 2.38. The van der Waals surface area contributed by atoms with E-state index < -0.39 is 10.0 Å². The Bertz CT molecular complexity index is 988. The number of para-hydroxylation sites is 2. The number of rotatable bonds is 7. The normalized spacial score (nSPS) is 12.1. The first-order valence-electron chi connectivity index (χ1n) is 8.44. The van der Waals surface area contributed by atoms with E-state index >= 15 is 0 Å². The average Bonchev–Trinajstić information content (AvgIpc) is 3.13. The molecule has 0 atom stereocenters. The number of nitrogens with zero attached hydrogens (tertiary/aromatic N) is 4. The van der Waals surface area contributed by atoms with Crippen LogP contribution in [0.1, 0.15) is 31.8 Å². The van der Waals surface area contributed by atoms with Crippen molar-refractivity contribution in [2.45, 2.75) is 51.7 Å². The van der Waals surface area contributed by atoms with Gasteiger partial charge in [0.25, 0.3) is 0 Å². The molecule has 7 nitrogen and oxygen atoms in total. The van der Waals surface area contributed by atoms with Gasteiger partial charge in [0.05, 0.1) is 23.3 Å². The lowest BCUT2D eigenvalue weighted by atomic mass is 10.3. The Morgan fingerprint density at radius 2 is 1.96 bits per heavy atom. The van der Waals surface area contributed by atoms with Crippen LogP contribution in [0, 0.1) is 6.92 Å². The Labute approximate surface area is 147 Å². The number of imidazole rings is 1. The summed E-state index contributed by atoms with van der Waals surface area (Å²) in [7, 11) is -3.64. The van der Waals surface area contributed by atoms with Gasteiger partial charge in [-0.15, -0.1) is 0 Å². The number of benzene rings is 1. The van der Waals surface area contributed by atoms with E-state index in [-0.39, 0.29) is 11.4 Å². The zero-order chi connectivity index (χ0) is 18.0. The quantitative estimate of drug-likeness (QED) is 0.701. The summed E-state index contributed by atoms with van der Waals surface area (Å²) >= 11 is 0. The van der Waals surface area contributed by atoms with Crippen molar-refractivity contribution < 1.29 is 8.42 Å². The Kier molecular flexibility index (Phi) is 4.91. The second-order valence-electron chi connectivity index (χ2n) is 5.93. The van der Waals surface area contributed by atoms with Crippen LogP contribution in [-0.4, -0.2) is 27.7 Å². The van der Waals surface area contributed by atoms with Crippen LogP contribution in [0.5, 0.6) is 0 Å². The lowest BCUT2D eigenvalue weighted by Crippen LogP contribution is -2.25. The highest BCUT2D eigenvalue weighted by atomic mass is 32.2. The molecule has 0 radical (unpaired) electrons. The molecule has 0 aliphatic rings. The molecule has 0 amide bonds. The maximum atomic E-state index is 12.7. The van der Waals surface area contributed by atoms with Crippen LogP contribution in [0.25, 0.3) is 11.0 Å². The minimum Gasteiger partial charge on any atom is -0.327 e. The molecule has 0 spiro atoms. The highest BCUT2D eigenvalue weighted by Gasteiger charge is 2.21. The number of fused-ring (bicyclic) bond motifs is 1. The van der Waals surface area contributed by atoms with Crippen LogP contribution >= 0.6 is 0 Å². The Balaban J connectivity index is 1.85. The van der Waals surface area contributed by atoms with Crippen molar-refractivity contribution in [1.29, 1.82) is 0 Å². The molecule has 8 heteroatoms. The van der Waals surface area contributed by atoms with Crippen molar-refractivity contribution in [3.8, 4) is 0 Å². The third kappa shape index (κ3) is 3.45. The van der Waals surface area contributed by atoms with Crippen LogP contribution in [-0.2, 0) is 29.7 Å². The first-order valence-corrected chi connectivity index (χ1v) is 9.92. The van der Waals surface area contributed by atoms with Gasteiger partial charge in [-0.3, -0.25) is 4.68 Å². The van der Waals surface area contributed by atoms with Crippen molar-refractivity contribution in [3.05, 3.63) is 42.0 Å². The second-order valence-corrected chi connectivity index (χ2v) is 7.66. The summed E-state index contributed by atoms with van der Waals surface area (Å²) < 4.78 is 31.7. The van der Waals surface area contributed by atoms with Crippen molar-refractivity contribution in [2.75, 3.05) is 0 Å². The topological polar surface area (TPSA) is 81.8 Å². The van der Waals surface area contributed by atoms with Gasteiger partial charge in [0.2, 0.25) is 10.0 Å². The summed E-state index contributed by atoms with van der Waals surface area (Å²) in [5, 5.41) is 4.27. The number of aryl methyl sites for hydroxylation is 3. The molecule has 0 aliphatic carbocycles. The average molecular weight is 361 g/mol. The molecule has 0 bridgehead atoms. The number of hydrogen-bond donors (Lipinski definition) is 1. The van der Waals surface area contributed by atoms with Crippen LogP contribution < -0.4 is 4.72 Å². The molecule has 2 aromatic heterocycles. The zero-order valence-electron chi connectivity index (χ0n) is 14.7. The van der Waals surface area contributed by atoms with Gasteiger partial charge in [-0.05, 0) is 32.4 Å². The van der Waals surface area contributed by atoms with Crippen LogP contribution in [0.3, 0.4) is 0 Å². The molecule has 3 rings (SSSR count). The third-order valence-corrected chi connectivity index (χ3v) is 5.62. The highest BCUT2D eigenvalue weighted by molar-refractivity contribution is 7.89. The first kappa shape index (κ1) is 17.6. The van der Waals surface area contributed by atoms with Crippen LogP contribution in [0.2, 0.25) is 0 Å². The first-order chi connectivity index (χ1) is 12.0. The summed E-state index contributed by atoms with van der Waals surface area (Å²) in [6, 6.07) is 7.80. The maximum Gasteiger partial charge on any atom is 0.244 e. The van der Waals surface area contributed by atoms with E-state index in [0.717, 1.165) is 24.0 Å². The lowest BCUT2D eigenvalue weighted by molar-refractivity contribution is 0.574. The van der Waals surface area contributed by atoms with Gasteiger partial charge in [0.15, 0.2) is 0 Å². The van der Waals surface area contributed by atoms with Crippen molar-refractivity contribution in [1.82, 2.24) is 24.1 Å². The molecule has 3 aromatic rings. The smallest absolute Gasteiger partial charge is 0.244 e. The third-order valence-electron chi connectivity index (χ3n) is 4.11. The summed E-state index contributed by atoms with van der Waals surface area (Å²) in [6.07, 6.45) is 2.48. The summed E-state index contributed by atoms with van der Waals surface area (Å²) in [4.78, 5) is 4.77. The van der Waals surface area contributed by atoms with Gasteiger partial charge in [-0.25, -0.2) is 18.1 Å². The summed E-state index contributed by atoms with van der Waals surface area (Å²) in [5.74, 6) is 0.700. The van der Waals surface area contributed by atoms with Gasteiger partial charge < -0.3 is 4.57 Å². The molecular formula is C17H23N5O2S. The fourth-order valence-corrected chi connectivity index (χ4v) is 4.12. The Morgan fingerprint density at radius 1 is 1.20 bits per heavy atom. The van der Waals surface area contributed by atoms with E-state index in [1.54, 1.807) is 17.8 Å². The molecule has 0 unspecified atom stereocenters. The SMILES string of the molecule is CCCn1cc(S(=O)(=O)NCc2nc3ccccc3n2CC)c(C)n1. The van der Waals surface area contributed by atoms with E-state index in [2.05, 4.69) is 14.8 Å². The minimum atomic E-state index is -3.64. The molecule has 0 saturated heterocycles. The van der Waals surface area contributed by atoms with Crippen molar-refractivity contribution in [2.24, 2.45) is 0 Å². The number of sulfonamides is 1. The standard InChI is InChI=1S/C17H23N5O2S/c1-4-10-21-12-16(13(3)20-21)25(23,24)18-11-17-19-14-8-6-7-9-15(14)22(17)5-2/h6-9,12,18H,4-5,10-11H2,1-3H3. The predicted molar refractivity (Wildman–Crippen MR) is 96.7 cm³/mol. The Morgan fingerprint density at radius 3 is 2.68 bits per heavy atom. The molecule has 0 saturated carbocycles. The van der Waals surface area contributed by atoms with Gasteiger partial charge in [0, 0.05) is 19.3 Å². The van der Waals surface area contributed by atoms with E-state index in [0.29, 0.717) is 18.1 Å². The molecule has 2 heterocycles. The molecule has 134 valence electrons. The fraction of sp³-hybridized carbons (Fsp3) is 0.412. The van der Waals surface area contributed by atoms with Crippen molar-refractivity contribution in [3.63, 3.8) is 0 Å². The minimum absolute atomic E-state index is 0.142. The lowest BCUT2D eigenvalue weighted by Gasteiger charge is -2.08. The molecule has 1 N–H and O–H groups in total. The molecule has 0 fully saturated rings. The van der Waals surface area contributed by atoms with Crippen LogP contribution in [0.15, 0.2) is 35.4 Å². The molecule has 1 aromatic carbocycles. The molecule has 0 aliphatic heterocycles. The monoisotopic (exact) mass is 361 g/mol. The van der Waals surface area contributed by atoms with E-state index in [4.69, 9.17) is 0 Å². The number of nitrogens with one attached hydrogen (secondary N) is 1. The van der Waals surface area contributed by atoms with Gasteiger partial charge in [-0.2, -0.15) is 5.10 Å². The van der Waals surface area contributed by atoms with E-state index in [9.17, 15) is 8.42 Å². The van der Waals surface area contributed by atoms with Gasteiger partial charge in [-0.1, -0.05) is 19.1 Å². The van der Waals surface area contributed by atoms with Crippen molar-refractivity contribution >= 4 is 21.1 Å². The van der Waals surface area contributed by atoms with Gasteiger partial charge in [0.1, 0.15) is 10.7 Å². The zero-order valence-corrected chi connectivity index (χ0v) is 15.5. The number of aromatic nitrogens is 4. The van der Waals surface area contributed by atoms with Gasteiger partial charge >= 0.3 is 0 Å². The predicted octanol–water partition coefficient (Wildman–Crippen LogP) is 2.45. The largest absolute Gasteiger partial charge is 0.327 e. The second kappa shape index (κ2) is 6.97. The Hall–Kier alpha value is -2.19. The highest BCUT2D eigenvalue weighted by Crippen LogP contribution is 2.17. The number of hydrogen-bond acceptors (Lipinski definition) is 4. The van der Waals surface area contributed by atoms with E-state index in [1.165, 1.54) is 0 Å². The maximum absolute atomic E-state index is 12.7.